The fourth-order valence-corrected chi connectivity index (χ4v) is 5.86. The smallest absolute Gasteiger partial charge is 0.269 e. The summed E-state index contributed by atoms with van der Waals surface area (Å²) in [4.78, 5) is 15.4. The SMILES string of the molecule is C=C(CCC1CCN(CCc2ccc([N+](=O)[O-])cc2)CC1)c1cc2c3c(c1)CCN3C(=C)CC2. The molecular weight excluding hydrogens is 422 g/mol. The first kappa shape index (κ1) is 22.9. The molecule has 1 fully saturated rings. The Labute approximate surface area is 202 Å². The van der Waals surface area contributed by atoms with Crippen molar-refractivity contribution in [2.45, 2.75) is 51.4 Å². The predicted octanol–water partition coefficient (Wildman–Crippen LogP) is 6.17. The number of nitro groups is 1. The van der Waals surface area contributed by atoms with Crippen LogP contribution in [0.3, 0.4) is 0 Å². The number of allylic oxidation sites excluding steroid dienone is 2. The van der Waals surface area contributed by atoms with Gasteiger partial charge in [-0.25, -0.2) is 0 Å². The van der Waals surface area contributed by atoms with Gasteiger partial charge in [0.15, 0.2) is 0 Å². The van der Waals surface area contributed by atoms with E-state index in [1.807, 2.05) is 12.1 Å². The fraction of sp³-hybridized carbons (Fsp3) is 0.448. The Balaban J connectivity index is 1.08. The molecule has 5 nitrogen and oxygen atoms in total. The molecule has 0 amide bonds. The van der Waals surface area contributed by atoms with Crippen LogP contribution in [-0.4, -0.2) is 36.0 Å². The first-order valence-electron chi connectivity index (χ1n) is 12.7. The zero-order valence-electron chi connectivity index (χ0n) is 20.1. The van der Waals surface area contributed by atoms with Gasteiger partial charge in [0.2, 0.25) is 0 Å². The molecule has 0 saturated carbocycles. The van der Waals surface area contributed by atoms with Crippen LogP contribution in [0.5, 0.6) is 0 Å². The van der Waals surface area contributed by atoms with E-state index in [9.17, 15) is 10.1 Å². The molecule has 0 atom stereocenters. The molecule has 1 saturated heterocycles. The van der Waals surface area contributed by atoms with Crippen LogP contribution < -0.4 is 4.90 Å². The highest BCUT2D eigenvalue weighted by Gasteiger charge is 2.28. The second-order valence-corrected chi connectivity index (χ2v) is 10.2. The number of anilines is 1. The van der Waals surface area contributed by atoms with E-state index in [0.29, 0.717) is 0 Å². The maximum absolute atomic E-state index is 10.8. The van der Waals surface area contributed by atoms with Crippen molar-refractivity contribution in [2.75, 3.05) is 31.1 Å². The van der Waals surface area contributed by atoms with Crippen molar-refractivity contribution in [2.24, 2.45) is 5.92 Å². The Morgan fingerprint density at radius 3 is 2.44 bits per heavy atom. The van der Waals surface area contributed by atoms with Crippen LogP contribution in [0.15, 0.2) is 55.3 Å². The summed E-state index contributed by atoms with van der Waals surface area (Å²) >= 11 is 0. The number of benzene rings is 2. The van der Waals surface area contributed by atoms with Crippen LogP contribution in [0, 0.1) is 16.0 Å². The van der Waals surface area contributed by atoms with Gasteiger partial charge in [-0.2, -0.15) is 0 Å². The molecule has 0 spiro atoms. The number of piperidine rings is 1. The minimum atomic E-state index is -0.338. The predicted molar refractivity (Wildman–Crippen MR) is 139 cm³/mol. The largest absolute Gasteiger partial charge is 0.345 e. The Bertz CT molecular complexity index is 1100. The van der Waals surface area contributed by atoms with Crippen molar-refractivity contribution in [3.05, 3.63) is 87.6 Å². The number of nitro benzene ring substituents is 1. The molecular formula is C29H35N3O2. The van der Waals surface area contributed by atoms with E-state index >= 15 is 0 Å². The van der Waals surface area contributed by atoms with E-state index in [4.69, 9.17) is 0 Å². The molecule has 0 aliphatic carbocycles. The van der Waals surface area contributed by atoms with Gasteiger partial charge in [-0.15, -0.1) is 0 Å². The molecule has 178 valence electrons. The average molecular weight is 458 g/mol. The van der Waals surface area contributed by atoms with Crippen molar-refractivity contribution in [3.63, 3.8) is 0 Å². The number of nitrogens with zero attached hydrogens (tertiary/aromatic N) is 3. The number of aryl methyl sites for hydroxylation is 1. The van der Waals surface area contributed by atoms with Gasteiger partial charge in [-0.3, -0.25) is 10.1 Å². The molecule has 3 aliphatic heterocycles. The molecule has 2 aromatic rings. The van der Waals surface area contributed by atoms with Gasteiger partial charge >= 0.3 is 0 Å². The lowest BCUT2D eigenvalue weighted by atomic mass is 9.87. The quantitative estimate of drug-likeness (QED) is 0.352. The summed E-state index contributed by atoms with van der Waals surface area (Å²) in [6.45, 7) is 13.1. The Kier molecular flexibility index (Phi) is 6.55. The minimum absolute atomic E-state index is 0.165. The van der Waals surface area contributed by atoms with Crippen LogP contribution >= 0.6 is 0 Å². The van der Waals surface area contributed by atoms with Crippen LogP contribution in [-0.2, 0) is 19.3 Å². The van der Waals surface area contributed by atoms with E-state index in [2.05, 4.69) is 35.1 Å². The standard InChI is InChI=1S/C29H35N3O2/c1-21(27-19-25-8-4-22(2)31-18-14-26(20-27)29(25)31)3-5-24-12-16-30(17-13-24)15-11-23-6-9-28(10-7-23)32(33)34/h6-7,9-10,19-20,24H,1-5,8,11-18H2. The maximum atomic E-state index is 10.8. The van der Waals surface area contributed by atoms with E-state index in [1.165, 1.54) is 58.5 Å². The molecule has 0 radical (unpaired) electrons. The Hall–Kier alpha value is -2.92. The normalized spacial score (nSPS) is 18.2. The van der Waals surface area contributed by atoms with Crippen molar-refractivity contribution < 1.29 is 4.92 Å². The van der Waals surface area contributed by atoms with Gasteiger partial charge in [-0.1, -0.05) is 25.3 Å². The van der Waals surface area contributed by atoms with E-state index in [-0.39, 0.29) is 10.6 Å². The van der Waals surface area contributed by atoms with Gasteiger partial charge < -0.3 is 9.80 Å². The first-order valence-corrected chi connectivity index (χ1v) is 12.7. The van der Waals surface area contributed by atoms with Crippen LogP contribution in [0.25, 0.3) is 5.57 Å². The third-order valence-electron chi connectivity index (χ3n) is 8.04. The molecule has 3 heterocycles. The molecule has 0 unspecified atom stereocenters. The van der Waals surface area contributed by atoms with Crippen LogP contribution in [0.4, 0.5) is 11.4 Å². The van der Waals surface area contributed by atoms with E-state index in [0.717, 1.165) is 64.2 Å². The summed E-state index contributed by atoms with van der Waals surface area (Å²) in [6.07, 6.45) is 9.07. The van der Waals surface area contributed by atoms with Crippen LogP contribution in [0.2, 0.25) is 0 Å². The molecule has 5 heteroatoms. The minimum Gasteiger partial charge on any atom is -0.345 e. The summed E-state index contributed by atoms with van der Waals surface area (Å²) in [7, 11) is 0. The third kappa shape index (κ3) is 4.80. The molecule has 3 aliphatic rings. The number of hydrogen-bond donors (Lipinski definition) is 0. The zero-order valence-corrected chi connectivity index (χ0v) is 20.1. The lowest BCUT2D eigenvalue weighted by Crippen LogP contribution is -2.35. The average Bonchev–Trinajstić information content (AvgIpc) is 3.30. The van der Waals surface area contributed by atoms with Crippen molar-refractivity contribution in [1.29, 1.82) is 0 Å². The highest BCUT2D eigenvalue weighted by molar-refractivity contribution is 5.75. The number of rotatable bonds is 8. The second kappa shape index (κ2) is 9.75. The molecule has 0 N–H and O–H groups in total. The summed E-state index contributed by atoms with van der Waals surface area (Å²) < 4.78 is 0. The highest BCUT2D eigenvalue weighted by Crippen LogP contribution is 2.41. The van der Waals surface area contributed by atoms with Crippen LogP contribution in [0.1, 0.15) is 54.4 Å². The summed E-state index contributed by atoms with van der Waals surface area (Å²) in [5, 5.41) is 10.8. The van der Waals surface area contributed by atoms with Gasteiger partial charge in [0, 0.05) is 36.6 Å². The van der Waals surface area contributed by atoms with Gasteiger partial charge in [0.1, 0.15) is 0 Å². The van der Waals surface area contributed by atoms with Crippen molar-refractivity contribution >= 4 is 16.9 Å². The van der Waals surface area contributed by atoms with Gasteiger partial charge in [0.05, 0.1) is 4.92 Å². The zero-order chi connectivity index (χ0) is 23.7. The number of non-ortho nitro benzene ring substituents is 1. The summed E-state index contributed by atoms with van der Waals surface area (Å²) in [6, 6.07) is 11.8. The second-order valence-electron chi connectivity index (χ2n) is 10.2. The molecule has 5 rings (SSSR count). The molecule has 2 aromatic carbocycles. The molecule has 0 aromatic heterocycles. The lowest BCUT2D eigenvalue weighted by molar-refractivity contribution is -0.384. The number of likely N-dealkylation sites (tertiary alicyclic amines) is 1. The highest BCUT2D eigenvalue weighted by atomic mass is 16.6. The van der Waals surface area contributed by atoms with Gasteiger partial charge in [0.25, 0.3) is 5.69 Å². The molecule has 0 bridgehead atoms. The molecule has 34 heavy (non-hydrogen) atoms. The topological polar surface area (TPSA) is 49.6 Å². The Morgan fingerprint density at radius 2 is 1.74 bits per heavy atom. The van der Waals surface area contributed by atoms with E-state index < -0.39 is 0 Å². The Morgan fingerprint density at radius 1 is 1.03 bits per heavy atom. The third-order valence-corrected chi connectivity index (χ3v) is 8.04. The van der Waals surface area contributed by atoms with E-state index in [1.54, 1.807) is 12.1 Å². The monoisotopic (exact) mass is 457 g/mol. The maximum Gasteiger partial charge on any atom is 0.269 e. The summed E-state index contributed by atoms with van der Waals surface area (Å²) in [5.74, 6) is 0.777. The van der Waals surface area contributed by atoms with Crippen molar-refractivity contribution in [1.82, 2.24) is 4.90 Å². The number of hydrogen-bond acceptors (Lipinski definition) is 4. The first-order chi connectivity index (χ1) is 16.5. The summed E-state index contributed by atoms with van der Waals surface area (Å²) in [5.41, 5.74) is 9.66. The van der Waals surface area contributed by atoms with Crippen molar-refractivity contribution in [3.8, 4) is 0 Å². The van der Waals surface area contributed by atoms with Gasteiger partial charge in [-0.05, 0) is 110 Å². The fourth-order valence-electron chi connectivity index (χ4n) is 5.86. The lowest BCUT2D eigenvalue weighted by Gasteiger charge is -2.32.